The van der Waals surface area contributed by atoms with Crippen molar-refractivity contribution in [2.24, 2.45) is 0 Å². The Kier molecular flexibility index (Phi) is 4.44. The molecule has 0 spiro atoms. The lowest BCUT2D eigenvalue weighted by atomic mass is 10.1. The average Bonchev–Trinajstić information content (AvgIpc) is 2.98. The highest BCUT2D eigenvalue weighted by Gasteiger charge is 2.18. The van der Waals surface area contributed by atoms with Crippen LogP contribution in [0.2, 0.25) is 0 Å². The van der Waals surface area contributed by atoms with Gasteiger partial charge in [-0.15, -0.1) is 0 Å². The van der Waals surface area contributed by atoms with E-state index in [0.29, 0.717) is 5.56 Å². The van der Waals surface area contributed by atoms with E-state index in [1.165, 1.54) is 29.7 Å². The summed E-state index contributed by atoms with van der Waals surface area (Å²) in [4.78, 5) is 26.6. The highest BCUT2D eigenvalue weighted by atomic mass is 32.1. The van der Waals surface area contributed by atoms with Gasteiger partial charge >= 0.3 is 5.97 Å². The zero-order valence-corrected chi connectivity index (χ0v) is 11.1. The molecule has 0 radical (unpaired) electrons. The second kappa shape index (κ2) is 6.27. The Morgan fingerprint density at radius 1 is 1.40 bits per heavy atom. The van der Waals surface area contributed by atoms with E-state index in [4.69, 9.17) is 5.11 Å². The Balaban J connectivity index is 2.04. The topological polar surface area (TPSA) is 99.5 Å². The van der Waals surface area contributed by atoms with Gasteiger partial charge in [0.05, 0.1) is 11.7 Å². The number of aliphatic hydroxyl groups excluding tert-OH is 1. The molecule has 0 aliphatic carbocycles. The zero-order valence-electron chi connectivity index (χ0n) is 10.3. The van der Waals surface area contributed by atoms with Gasteiger partial charge < -0.3 is 15.5 Å². The first kappa shape index (κ1) is 14.2. The van der Waals surface area contributed by atoms with Crippen LogP contribution in [0.4, 0.5) is 0 Å². The third-order valence-corrected chi connectivity index (χ3v) is 3.34. The molecular formula is C13H12N2O4S. The van der Waals surface area contributed by atoms with Crippen LogP contribution >= 0.6 is 11.3 Å². The van der Waals surface area contributed by atoms with E-state index in [0.717, 1.165) is 0 Å². The summed E-state index contributed by atoms with van der Waals surface area (Å²) >= 11 is 1.44. The maximum atomic E-state index is 11.9. The fourth-order valence-electron chi connectivity index (χ4n) is 1.61. The molecule has 2 heterocycles. The maximum Gasteiger partial charge on any atom is 0.338 e. The van der Waals surface area contributed by atoms with E-state index < -0.39 is 18.0 Å². The van der Waals surface area contributed by atoms with Crippen LogP contribution in [0.3, 0.4) is 0 Å². The van der Waals surface area contributed by atoms with E-state index in [-0.39, 0.29) is 17.8 Å². The van der Waals surface area contributed by atoms with E-state index in [1.54, 1.807) is 11.4 Å². The first-order valence-electron chi connectivity index (χ1n) is 5.76. The van der Waals surface area contributed by atoms with Crippen LogP contribution in [0.5, 0.6) is 0 Å². The average molecular weight is 292 g/mol. The number of aromatic nitrogens is 1. The van der Waals surface area contributed by atoms with Crippen LogP contribution in [0, 0.1) is 0 Å². The molecular weight excluding hydrogens is 280 g/mol. The Bertz CT molecular complexity index is 613. The predicted octanol–water partition coefficient (Wildman–Crippen LogP) is 1.30. The van der Waals surface area contributed by atoms with Gasteiger partial charge in [-0.25, -0.2) is 4.79 Å². The molecule has 1 amide bonds. The fraction of sp³-hybridized carbons (Fsp3) is 0.154. The van der Waals surface area contributed by atoms with E-state index in [2.05, 4.69) is 10.3 Å². The Morgan fingerprint density at radius 2 is 2.20 bits per heavy atom. The smallest absolute Gasteiger partial charge is 0.338 e. The molecule has 2 aromatic rings. The minimum absolute atomic E-state index is 0.00873. The highest BCUT2D eigenvalue weighted by Crippen LogP contribution is 2.15. The summed E-state index contributed by atoms with van der Waals surface area (Å²) in [7, 11) is 0. The van der Waals surface area contributed by atoms with Gasteiger partial charge in [0.25, 0.3) is 5.91 Å². The lowest BCUT2D eigenvalue weighted by Crippen LogP contribution is -2.30. The number of amides is 1. The molecule has 2 rings (SSSR count). The van der Waals surface area contributed by atoms with Crippen molar-refractivity contribution < 1.29 is 19.8 Å². The van der Waals surface area contributed by atoms with Crippen molar-refractivity contribution in [3.05, 3.63) is 52.0 Å². The Hall–Kier alpha value is -2.25. The number of hydrogen-bond donors (Lipinski definition) is 3. The van der Waals surface area contributed by atoms with Crippen molar-refractivity contribution in [2.45, 2.75) is 6.10 Å². The van der Waals surface area contributed by atoms with Gasteiger partial charge in [0.1, 0.15) is 5.69 Å². The molecule has 1 atom stereocenters. The third-order valence-electron chi connectivity index (χ3n) is 2.64. The van der Waals surface area contributed by atoms with Gasteiger partial charge in [0, 0.05) is 12.7 Å². The summed E-state index contributed by atoms with van der Waals surface area (Å²) in [5.41, 5.74) is 0.363. The molecule has 0 aliphatic rings. The number of nitrogens with one attached hydrogen (secondary N) is 1. The number of carboxylic acids is 1. The number of carboxylic acid groups (broad SMARTS) is 1. The molecule has 0 fully saturated rings. The summed E-state index contributed by atoms with van der Waals surface area (Å²) in [6.07, 6.45) is 0.513. The third kappa shape index (κ3) is 3.19. The van der Waals surface area contributed by atoms with Crippen molar-refractivity contribution in [1.82, 2.24) is 10.3 Å². The van der Waals surface area contributed by atoms with E-state index in [1.807, 2.05) is 5.38 Å². The SMILES string of the molecule is O=C(O)c1cccnc1C(=O)NCC(O)c1ccsc1. The van der Waals surface area contributed by atoms with Crippen molar-refractivity contribution in [2.75, 3.05) is 6.54 Å². The molecule has 0 bridgehead atoms. The second-order valence-corrected chi connectivity index (χ2v) is 4.77. The number of rotatable bonds is 5. The number of carbonyl (C=O) groups is 2. The van der Waals surface area contributed by atoms with Crippen LogP contribution in [0.25, 0.3) is 0 Å². The van der Waals surface area contributed by atoms with Crippen LogP contribution in [-0.4, -0.2) is 33.6 Å². The van der Waals surface area contributed by atoms with Crippen LogP contribution in [0.1, 0.15) is 32.5 Å². The van der Waals surface area contributed by atoms with Crippen LogP contribution < -0.4 is 5.32 Å². The molecule has 0 aliphatic heterocycles. The molecule has 0 saturated heterocycles. The van der Waals surface area contributed by atoms with Crippen molar-refractivity contribution in [3.63, 3.8) is 0 Å². The fourth-order valence-corrected chi connectivity index (χ4v) is 2.32. The minimum atomic E-state index is -1.22. The summed E-state index contributed by atoms with van der Waals surface area (Å²) < 4.78 is 0. The Morgan fingerprint density at radius 3 is 2.85 bits per heavy atom. The van der Waals surface area contributed by atoms with E-state index >= 15 is 0 Å². The predicted molar refractivity (Wildman–Crippen MR) is 72.8 cm³/mol. The first-order valence-corrected chi connectivity index (χ1v) is 6.70. The number of hydrogen-bond acceptors (Lipinski definition) is 5. The largest absolute Gasteiger partial charge is 0.478 e. The lowest BCUT2D eigenvalue weighted by molar-refractivity contribution is 0.0689. The highest BCUT2D eigenvalue weighted by molar-refractivity contribution is 7.07. The number of thiophene rings is 1. The maximum absolute atomic E-state index is 11.9. The summed E-state index contributed by atoms with van der Waals surface area (Å²) in [6, 6.07) is 4.50. The molecule has 2 aromatic heterocycles. The summed E-state index contributed by atoms with van der Waals surface area (Å²) in [6.45, 7) is -0.00873. The van der Waals surface area contributed by atoms with Gasteiger partial charge in [-0.2, -0.15) is 11.3 Å². The minimum Gasteiger partial charge on any atom is -0.478 e. The van der Waals surface area contributed by atoms with E-state index in [9.17, 15) is 14.7 Å². The van der Waals surface area contributed by atoms with Crippen LogP contribution in [-0.2, 0) is 0 Å². The molecule has 0 aromatic carbocycles. The molecule has 20 heavy (non-hydrogen) atoms. The van der Waals surface area contributed by atoms with Crippen molar-refractivity contribution in [3.8, 4) is 0 Å². The van der Waals surface area contributed by atoms with Gasteiger partial charge in [0.2, 0.25) is 0 Å². The van der Waals surface area contributed by atoms with Gasteiger partial charge in [-0.05, 0) is 34.5 Å². The summed E-state index contributed by atoms with van der Waals surface area (Å²) in [5.74, 6) is -1.85. The monoisotopic (exact) mass is 292 g/mol. The number of pyridine rings is 1. The normalized spacial score (nSPS) is 11.8. The number of aliphatic hydroxyl groups is 1. The van der Waals surface area contributed by atoms with Gasteiger partial charge in [-0.3, -0.25) is 9.78 Å². The molecule has 3 N–H and O–H groups in total. The molecule has 6 nitrogen and oxygen atoms in total. The molecule has 0 saturated carbocycles. The van der Waals surface area contributed by atoms with Crippen molar-refractivity contribution in [1.29, 1.82) is 0 Å². The Labute approximate surface area is 118 Å². The van der Waals surface area contributed by atoms with Crippen LogP contribution in [0.15, 0.2) is 35.2 Å². The molecule has 7 heteroatoms. The number of nitrogens with zero attached hydrogens (tertiary/aromatic N) is 1. The standard InChI is InChI=1S/C13H12N2O4S/c16-10(8-3-5-20-7-8)6-15-12(17)11-9(13(18)19)2-1-4-14-11/h1-5,7,10,16H,6H2,(H,15,17)(H,18,19). The zero-order chi connectivity index (χ0) is 14.5. The first-order chi connectivity index (χ1) is 9.59. The number of aromatic carboxylic acids is 1. The molecule has 104 valence electrons. The second-order valence-electron chi connectivity index (χ2n) is 3.99. The quantitative estimate of drug-likeness (QED) is 0.771. The van der Waals surface area contributed by atoms with Crippen molar-refractivity contribution >= 4 is 23.2 Å². The number of carbonyl (C=O) groups excluding carboxylic acids is 1. The van der Waals surface area contributed by atoms with Gasteiger partial charge in [-0.1, -0.05) is 0 Å². The van der Waals surface area contributed by atoms with Gasteiger partial charge in [0.15, 0.2) is 0 Å². The summed E-state index contributed by atoms with van der Waals surface area (Å²) in [5, 5.41) is 24.9. The lowest BCUT2D eigenvalue weighted by Gasteiger charge is -2.11. The molecule has 1 unspecified atom stereocenters.